The van der Waals surface area contributed by atoms with Crippen molar-refractivity contribution in [2.45, 2.75) is 11.7 Å². The molecule has 3 aliphatic rings. The minimum atomic E-state index is -4.36. The molecule has 2 atom stereocenters. The van der Waals surface area contributed by atoms with Gasteiger partial charge in [-0.1, -0.05) is 6.08 Å². The molecular weight excluding hydrogens is 365 g/mol. The maximum atomic E-state index is 12.7. The molecule has 0 saturated carbocycles. The molecular formula is C17H15F3N4OS. The number of hydrogen-bond donors (Lipinski definition) is 1. The zero-order valence-corrected chi connectivity index (χ0v) is 14.3. The number of benzene rings is 1. The van der Waals surface area contributed by atoms with Crippen molar-refractivity contribution in [3.05, 3.63) is 53.8 Å². The molecule has 9 heteroatoms. The molecule has 3 aliphatic heterocycles. The first kappa shape index (κ1) is 17.0. The summed E-state index contributed by atoms with van der Waals surface area (Å²) in [4.78, 5) is 9.00. The number of halogens is 3. The zero-order valence-electron chi connectivity index (χ0n) is 13.5. The van der Waals surface area contributed by atoms with E-state index in [1.807, 2.05) is 12.2 Å². The monoisotopic (exact) mass is 380 g/mol. The second-order valence-electron chi connectivity index (χ2n) is 6.26. The number of hydrogen-bond acceptors (Lipinski definition) is 5. The first-order chi connectivity index (χ1) is 12.4. The van der Waals surface area contributed by atoms with Crippen molar-refractivity contribution in [3.63, 3.8) is 0 Å². The predicted molar refractivity (Wildman–Crippen MR) is 95.5 cm³/mol. The zero-order chi connectivity index (χ0) is 18.4. The first-order valence-electron chi connectivity index (χ1n) is 7.91. The van der Waals surface area contributed by atoms with E-state index in [9.17, 15) is 17.4 Å². The lowest BCUT2D eigenvalue weighted by atomic mass is 9.86. The van der Waals surface area contributed by atoms with Crippen molar-refractivity contribution < 1.29 is 17.4 Å². The minimum Gasteiger partial charge on any atom is -0.297 e. The number of hydrazine groups is 1. The molecule has 1 N–H and O–H groups in total. The Kier molecular flexibility index (Phi) is 3.98. The summed E-state index contributed by atoms with van der Waals surface area (Å²) in [6, 6.07) is 4.81. The molecule has 1 fully saturated rings. The van der Waals surface area contributed by atoms with E-state index in [0.29, 0.717) is 23.7 Å². The van der Waals surface area contributed by atoms with Gasteiger partial charge in [-0.2, -0.15) is 13.2 Å². The van der Waals surface area contributed by atoms with Gasteiger partial charge < -0.3 is 0 Å². The van der Waals surface area contributed by atoms with E-state index < -0.39 is 28.1 Å². The average Bonchev–Trinajstić information content (AvgIpc) is 2.80. The van der Waals surface area contributed by atoms with Crippen LogP contribution in [0.5, 0.6) is 0 Å². The lowest BCUT2D eigenvalue weighted by Crippen LogP contribution is -2.48. The molecule has 0 bridgehead atoms. The summed E-state index contributed by atoms with van der Waals surface area (Å²) in [5, 5.41) is 1.69. The third-order valence-corrected chi connectivity index (χ3v) is 5.87. The highest BCUT2D eigenvalue weighted by Gasteiger charge is 2.48. The molecule has 26 heavy (non-hydrogen) atoms. The molecule has 136 valence electrons. The van der Waals surface area contributed by atoms with Gasteiger partial charge in [-0.3, -0.25) is 24.6 Å². The van der Waals surface area contributed by atoms with Crippen molar-refractivity contribution in [2.75, 3.05) is 23.5 Å². The third kappa shape index (κ3) is 2.96. The Morgan fingerprint density at radius 1 is 1.23 bits per heavy atom. The maximum Gasteiger partial charge on any atom is 0.416 e. The summed E-state index contributed by atoms with van der Waals surface area (Å²) < 4.78 is 50.0. The highest BCUT2D eigenvalue weighted by Crippen LogP contribution is 2.35. The molecule has 2 unspecified atom stereocenters. The van der Waals surface area contributed by atoms with Gasteiger partial charge in [0, 0.05) is 17.0 Å². The van der Waals surface area contributed by atoms with E-state index in [0.717, 1.165) is 23.4 Å². The highest BCUT2D eigenvalue weighted by molar-refractivity contribution is 7.86. The number of rotatable bonds is 2. The SMILES string of the molecule is O=S1CC2=NC=CC=C3CN(Nc4ccc(C(F)(F)F)cc4)C=NC32C1. The van der Waals surface area contributed by atoms with Crippen LogP contribution in [0.4, 0.5) is 18.9 Å². The lowest BCUT2D eigenvalue weighted by molar-refractivity contribution is -0.137. The molecule has 1 spiro atoms. The molecule has 0 amide bonds. The van der Waals surface area contributed by atoms with Gasteiger partial charge in [-0.25, -0.2) is 0 Å². The number of aliphatic imine (C=N–C) groups is 2. The number of allylic oxidation sites excluding steroid dienone is 2. The van der Waals surface area contributed by atoms with Crippen LogP contribution in [0.1, 0.15) is 5.56 Å². The number of nitrogens with one attached hydrogen (secondary N) is 1. The molecule has 1 aromatic rings. The lowest BCUT2D eigenvalue weighted by Gasteiger charge is -2.36. The third-order valence-electron chi connectivity index (χ3n) is 4.53. The number of anilines is 1. The van der Waals surface area contributed by atoms with Gasteiger partial charge in [0.25, 0.3) is 0 Å². The average molecular weight is 380 g/mol. The summed E-state index contributed by atoms with van der Waals surface area (Å²) in [5.41, 5.74) is 3.95. The van der Waals surface area contributed by atoms with Gasteiger partial charge in [0.15, 0.2) is 0 Å². The van der Waals surface area contributed by atoms with Crippen LogP contribution < -0.4 is 5.43 Å². The van der Waals surface area contributed by atoms with Crippen molar-refractivity contribution in [2.24, 2.45) is 9.98 Å². The maximum absolute atomic E-state index is 12.7. The van der Waals surface area contributed by atoms with E-state index in [-0.39, 0.29) is 0 Å². The fourth-order valence-electron chi connectivity index (χ4n) is 3.23. The molecule has 4 rings (SSSR count). The van der Waals surface area contributed by atoms with Crippen molar-refractivity contribution in [1.29, 1.82) is 0 Å². The Morgan fingerprint density at radius 2 is 2.00 bits per heavy atom. The minimum absolute atomic E-state index is 0.407. The summed E-state index contributed by atoms with van der Waals surface area (Å²) in [7, 11) is -1.00. The van der Waals surface area contributed by atoms with Crippen LogP contribution in [0, 0.1) is 0 Å². The first-order valence-corrected chi connectivity index (χ1v) is 9.40. The normalized spacial score (nSPS) is 27.3. The summed E-state index contributed by atoms with van der Waals surface area (Å²) >= 11 is 0. The van der Waals surface area contributed by atoms with Crippen LogP contribution in [-0.4, -0.2) is 44.9 Å². The van der Waals surface area contributed by atoms with Crippen LogP contribution >= 0.6 is 0 Å². The van der Waals surface area contributed by atoms with Gasteiger partial charge in [0.05, 0.1) is 35.0 Å². The van der Waals surface area contributed by atoms with E-state index in [1.165, 1.54) is 12.1 Å². The molecule has 0 aliphatic carbocycles. The molecule has 5 nitrogen and oxygen atoms in total. The fraction of sp³-hybridized carbons (Fsp3) is 0.294. The smallest absolute Gasteiger partial charge is 0.297 e. The van der Waals surface area contributed by atoms with Crippen LogP contribution in [0.25, 0.3) is 0 Å². The number of nitrogens with zero attached hydrogens (tertiary/aromatic N) is 3. The topological polar surface area (TPSA) is 57.1 Å². The highest BCUT2D eigenvalue weighted by atomic mass is 32.2. The van der Waals surface area contributed by atoms with Crippen LogP contribution in [0.3, 0.4) is 0 Å². The molecule has 1 aromatic carbocycles. The van der Waals surface area contributed by atoms with Crippen LogP contribution in [0.2, 0.25) is 0 Å². The molecule has 0 aromatic heterocycles. The fourth-order valence-corrected chi connectivity index (χ4v) is 4.84. The molecule has 0 radical (unpaired) electrons. The second-order valence-corrected chi connectivity index (χ2v) is 7.71. The predicted octanol–water partition coefficient (Wildman–Crippen LogP) is 2.77. The Balaban J connectivity index is 1.56. The largest absolute Gasteiger partial charge is 0.416 e. The Labute approximate surface area is 150 Å². The van der Waals surface area contributed by atoms with E-state index in [1.54, 1.807) is 17.5 Å². The van der Waals surface area contributed by atoms with Crippen LogP contribution in [0.15, 0.2) is 58.2 Å². The van der Waals surface area contributed by atoms with Crippen LogP contribution in [-0.2, 0) is 17.0 Å². The van der Waals surface area contributed by atoms with E-state index in [4.69, 9.17) is 0 Å². The van der Waals surface area contributed by atoms with Gasteiger partial charge in [-0.05, 0) is 35.9 Å². The molecule has 3 heterocycles. The van der Waals surface area contributed by atoms with E-state index >= 15 is 0 Å². The Bertz CT molecular complexity index is 873. The standard InChI is InChI=1S/C17H15F3N4OS/c18-17(19,20)12-3-5-14(6-4-12)23-24-8-13-2-1-7-21-15-9-26(25)10-16(13,15)22-11-24/h1-7,11,23H,8-10H2. The summed E-state index contributed by atoms with van der Waals surface area (Å²) in [6.45, 7) is 0.463. The van der Waals surface area contributed by atoms with E-state index in [2.05, 4.69) is 15.4 Å². The van der Waals surface area contributed by atoms with Gasteiger partial charge >= 0.3 is 6.18 Å². The van der Waals surface area contributed by atoms with Gasteiger partial charge in [0.1, 0.15) is 11.9 Å². The quantitative estimate of drug-likeness (QED) is 0.859. The summed E-state index contributed by atoms with van der Waals surface area (Å²) in [6.07, 6.45) is 2.65. The molecule has 1 saturated heterocycles. The Hall–Kier alpha value is -2.42. The van der Waals surface area contributed by atoms with Gasteiger partial charge in [-0.15, -0.1) is 0 Å². The summed E-state index contributed by atoms with van der Waals surface area (Å²) in [5.74, 6) is 0.815. The second kappa shape index (κ2) is 6.08. The van der Waals surface area contributed by atoms with Gasteiger partial charge in [0.2, 0.25) is 0 Å². The van der Waals surface area contributed by atoms with Crippen molar-refractivity contribution in [3.8, 4) is 0 Å². The Morgan fingerprint density at radius 3 is 2.73 bits per heavy atom. The number of alkyl halides is 3. The van der Waals surface area contributed by atoms with Crippen molar-refractivity contribution in [1.82, 2.24) is 5.01 Å². The van der Waals surface area contributed by atoms with Crippen molar-refractivity contribution >= 4 is 28.5 Å².